The number of unbranched alkanes of at least 4 members (excludes halogenated alkanes) is 1. The van der Waals surface area contributed by atoms with Gasteiger partial charge in [-0.2, -0.15) is 0 Å². The second-order valence-electron chi connectivity index (χ2n) is 8.12. The van der Waals surface area contributed by atoms with E-state index < -0.39 is 5.60 Å². The van der Waals surface area contributed by atoms with E-state index in [1.54, 1.807) is 0 Å². The Balaban J connectivity index is 2.96. The molecule has 0 bridgehead atoms. The third kappa shape index (κ3) is 6.06. The highest BCUT2D eigenvalue weighted by atomic mass is 16.6. The van der Waals surface area contributed by atoms with Crippen molar-refractivity contribution in [3.8, 4) is 0 Å². The zero-order valence-corrected chi connectivity index (χ0v) is 15.7. The molecule has 0 aromatic rings. The van der Waals surface area contributed by atoms with Crippen molar-refractivity contribution in [3.63, 3.8) is 0 Å². The smallest absolute Gasteiger partial charge is 0.403 e. The Bertz CT molecular complexity index is 370. The van der Waals surface area contributed by atoms with Gasteiger partial charge in [-0.3, -0.25) is 0 Å². The first-order valence-corrected chi connectivity index (χ1v) is 8.80. The monoisotopic (exact) mass is 310 g/mol. The van der Waals surface area contributed by atoms with E-state index in [0.717, 1.165) is 44.1 Å². The standard InChI is InChI=1S/C18H35BO3/c1-8-10-12-18(7,20)15(11-9-2)13-19-21-16(3,4)14-17(5,6)22-19/h13,20H,8-12,14H2,1-7H3/b15-13+. The van der Waals surface area contributed by atoms with Crippen molar-refractivity contribution in [2.45, 2.75) is 104 Å². The lowest BCUT2D eigenvalue weighted by Crippen LogP contribution is -2.51. The van der Waals surface area contributed by atoms with Crippen LogP contribution >= 0.6 is 0 Å². The summed E-state index contributed by atoms with van der Waals surface area (Å²) in [6.07, 6.45) is 5.65. The quantitative estimate of drug-likeness (QED) is 0.694. The summed E-state index contributed by atoms with van der Waals surface area (Å²) >= 11 is 0. The molecule has 128 valence electrons. The summed E-state index contributed by atoms with van der Waals surface area (Å²) in [4.78, 5) is 0. The lowest BCUT2D eigenvalue weighted by Gasteiger charge is -2.44. The summed E-state index contributed by atoms with van der Waals surface area (Å²) in [5.41, 5.74) is -0.155. The van der Waals surface area contributed by atoms with Crippen LogP contribution < -0.4 is 0 Å². The molecule has 1 fully saturated rings. The zero-order chi connectivity index (χ0) is 17.0. The van der Waals surface area contributed by atoms with Crippen LogP contribution in [0, 0.1) is 0 Å². The maximum Gasteiger partial charge on any atom is 0.486 e. The molecule has 0 aliphatic carbocycles. The largest absolute Gasteiger partial charge is 0.486 e. The van der Waals surface area contributed by atoms with Gasteiger partial charge in [-0.15, -0.1) is 0 Å². The second kappa shape index (κ2) is 7.50. The van der Waals surface area contributed by atoms with Crippen LogP contribution in [-0.4, -0.2) is 29.0 Å². The second-order valence-corrected chi connectivity index (χ2v) is 8.12. The predicted molar refractivity (Wildman–Crippen MR) is 93.8 cm³/mol. The van der Waals surface area contributed by atoms with Crippen LogP contribution in [0.1, 0.15) is 87.0 Å². The third-order valence-electron chi connectivity index (χ3n) is 4.29. The Morgan fingerprint density at radius 2 is 1.68 bits per heavy atom. The lowest BCUT2D eigenvalue weighted by molar-refractivity contribution is -0.0725. The van der Waals surface area contributed by atoms with Crippen LogP contribution in [0.3, 0.4) is 0 Å². The molecule has 4 heteroatoms. The van der Waals surface area contributed by atoms with Crippen molar-refractivity contribution in [1.29, 1.82) is 0 Å². The summed E-state index contributed by atoms with van der Waals surface area (Å²) in [7, 11) is -0.381. The van der Waals surface area contributed by atoms with Gasteiger partial charge in [0.15, 0.2) is 0 Å². The fraction of sp³-hybridized carbons (Fsp3) is 0.889. The molecular weight excluding hydrogens is 275 g/mol. The zero-order valence-electron chi connectivity index (χ0n) is 15.7. The minimum Gasteiger partial charge on any atom is -0.403 e. The lowest BCUT2D eigenvalue weighted by atomic mass is 9.74. The Hall–Kier alpha value is -0.315. The van der Waals surface area contributed by atoms with Crippen LogP contribution in [0.15, 0.2) is 11.5 Å². The molecule has 1 atom stereocenters. The van der Waals surface area contributed by atoms with Gasteiger partial charge in [0.05, 0.1) is 16.8 Å². The van der Waals surface area contributed by atoms with E-state index >= 15 is 0 Å². The number of hydrogen-bond donors (Lipinski definition) is 1. The van der Waals surface area contributed by atoms with Gasteiger partial charge in [0.1, 0.15) is 0 Å². The van der Waals surface area contributed by atoms with Crippen LogP contribution in [0.5, 0.6) is 0 Å². The average Bonchev–Trinajstić information content (AvgIpc) is 2.32. The van der Waals surface area contributed by atoms with Crippen LogP contribution in [-0.2, 0) is 9.31 Å². The van der Waals surface area contributed by atoms with Crippen molar-refractivity contribution in [1.82, 2.24) is 0 Å². The molecule has 1 rings (SSSR count). The van der Waals surface area contributed by atoms with Crippen LogP contribution in [0.25, 0.3) is 0 Å². The van der Waals surface area contributed by atoms with Crippen molar-refractivity contribution >= 4 is 7.12 Å². The van der Waals surface area contributed by atoms with Crippen molar-refractivity contribution in [2.75, 3.05) is 0 Å². The van der Waals surface area contributed by atoms with Gasteiger partial charge in [0, 0.05) is 6.42 Å². The molecule has 0 radical (unpaired) electrons. The molecule has 3 nitrogen and oxygen atoms in total. The van der Waals surface area contributed by atoms with Gasteiger partial charge < -0.3 is 14.4 Å². The maximum absolute atomic E-state index is 10.8. The van der Waals surface area contributed by atoms with E-state index in [-0.39, 0.29) is 18.3 Å². The summed E-state index contributed by atoms with van der Waals surface area (Å²) in [5.74, 6) is 2.02. The minimum atomic E-state index is -0.773. The number of hydrogen-bond acceptors (Lipinski definition) is 3. The first kappa shape index (κ1) is 19.7. The maximum atomic E-state index is 10.8. The summed E-state index contributed by atoms with van der Waals surface area (Å²) < 4.78 is 12.2. The van der Waals surface area contributed by atoms with E-state index in [4.69, 9.17) is 9.31 Å². The normalized spacial score (nSPS) is 24.2. The summed E-state index contributed by atoms with van der Waals surface area (Å²) in [6.45, 7) is 14.6. The van der Waals surface area contributed by atoms with Crippen LogP contribution in [0.2, 0.25) is 0 Å². The minimum absolute atomic E-state index is 0.213. The van der Waals surface area contributed by atoms with Crippen molar-refractivity contribution < 1.29 is 14.4 Å². The van der Waals surface area contributed by atoms with Crippen LogP contribution in [0.4, 0.5) is 0 Å². The van der Waals surface area contributed by atoms with Gasteiger partial charge in [0.25, 0.3) is 0 Å². The van der Waals surface area contributed by atoms with Gasteiger partial charge in [-0.05, 0) is 53.0 Å². The van der Waals surface area contributed by atoms with E-state index in [2.05, 4.69) is 41.5 Å². The Kier molecular flexibility index (Phi) is 6.73. The highest BCUT2D eigenvalue weighted by Gasteiger charge is 2.42. The van der Waals surface area contributed by atoms with Gasteiger partial charge in [0.2, 0.25) is 0 Å². The van der Waals surface area contributed by atoms with E-state index in [9.17, 15) is 5.11 Å². The Morgan fingerprint density at radius 3 is 2.14 bits per heavy atom. The van der Waals surface area contributed by atoms with E-state index in [0.29, 0.717) is 0 Å². The molecule has 0 saturated carbocycles. The molecule has 0 spiro atoms. The Labute approximate surface area is 137 Å². The molecule has 22 heavy (non-hydrogen) atoms. The SMILES string of the molecule is CCCCC(C)(O)/C(=C/B1OC(C)(C)CC(C)(C)O1)CCC. The average molecular weight is 310 g/mol. The highest BCUT2D eigenvalue weighted by Crippen LogP contribution is 2.35. The molecular formula is C18H35BO3. The first-order chi connectivity index (χ1) is 10.0. The molecule has 1 N–H and O–H groups in total. The predicted octanol–water partition coefficient (Wildman–Crippen LogP) is 4.68. The fourth-order valence-electron chi connectivity index (χ4n) is 3.48. The van der Waals surface area contributed by atoms with E-state index in [1.807, 2.05) is 12.9 Å². The molecule has 1 heterocycles. The molecule has 1 aliphatic rings. The van der Waals surface area contributed by atoms with Gasteiger partial charge >= 0.3 is 7.12 Å². The van der Waals surface area contributed by atoms with Gasteiger partial charge in [-0.25, -0.2) is 0 Å². The Morgan fingerprint density at radius 1 is 1.14 bits per heavy atom. The summed E-state index contributed by atoms with van der Waals surface area (Å²) in [6, 6.07) is 0. The molecule has 1 aliphatic heterocycles. The molecule has 0 amide bonds. The summed E-state index contributed by atoms with van der Waals surface area (Å²) in [5, 5.41) is 10.8. The topological polar surface area (TPSA) is 38.7 Å². The number of aliphatic hydroxyl groups is 1. The number of rotatable bonds is 7. The molecule has 1 unspecified atom stereocenters. The molecule has 0 aromatic heterocycles. The molecule has 1 saturated heterocycles. The van der Waals surface area contributed by atoms with Crippen molar-refractivity contribution in [2.24, 2.45) is 0 Å². The highest BCUT2D eigenvalue weighted by molar-refractivity contribution is 6.51. The third-order valence-corrected chi connectivity index (χ3v) is 4.29. The molecule has 0 aromatic carbocycles. The van der Waals surface area contributed by atoms with Crippen molar-refractivity contribution in [3.05, 3.63) is 11.5 Å². The first-order valence-electron chi connectivity index (χ1n) is 8.80. The fourth-order valence-corrected chi connectivity index (χ4v) is 3.48. The van der Waals surface area contributed by atoms with Gasteiger partial charge in [-0.1, -0.05) is 39.1 Å². The van der Waals surface area contributed by atoms with E-state index in [1.165, 1.54) is 0 Å².